The van der Waals surface area contributed by atoms with Crippen molar-refractivity contribution in [3.63, 3.8) is 0 Å². The van der Waals surface area contributed by atoms with Gasteiger partial charge >= 0.3 is 0 Å². The van der Waals surface area contributed by atoms with Gasteiger partial charge in [-0.05, 0) is 37.4 Å². The van der Waals surface area contributed by atoms with Gasteiger partial charge in [0, 0.05) is 19.9 Å². The van der Waals surface area contributed by atoms with Gasteiger partial charge in [-0.15, -0.1) is 0 Å². The van der Waals surface area contributed by atoms with Crippen molar-refractivity contribution >= 4 is 0 Å². The highest BCUT2D eigenvalue weighted by Gasteiger charge is 2.00. The first-order valence-electron chi connectivity index (χ1n) is 7.54. The summed E-state index contributed by atoms with van der Waals surface area (Å²) in [4.78, 5) is 0. The van der Waals surface area contributed by atoms with Gasteiger partial charge in [-0.2, -0.15) is 5.10 Å². The van der Waals surface area contributed by atoms with Gasteiger partial charge in [0.15, 0.2) is 0 Å². The SMILES string of the molecule is COCCNCCCc1cnn(Cc2ccc(C)cc2)c1. The number of benzene rings is 1. The molecule has 0 atom stereocenters. The summed E-state index contributed by atoms with van der Waals surface area (Å²) in [6, 6.07) is 8.61. The fraction of sp³-hybridized carbons (Fsp3) is 0.471. The topological polar surface area (TPSA) is 39.1 Å². The molecule has 4 nitrogen and oxygen atoms in total. The molecule has 0 fully saturated rings. The van der Waals surface area contributed by atoms with Crippen molar-refractivity contribution in [1.82, 2.24) is 15.1 Å². The minimum Gasteiger partial charge on any atom is -0.383 e. The molecular weight excluding hydrogens is 262 g/mol. The van der Waals surface area contributed by atoms with Crippen molar-refractivity contribution in [2.75, 3.05) is 26.8 Å². The molecule has 114 valence electrons. The summed E-state index contributed by atoms with van der Waals surface area (Å²) in [5.74, 6) is 0. The number of aryl methyl sites for hydroxylation is 2. The second-order valence-corrected chi connectivity index (χ2v) is 5.38. The maximum absolute atomic E-state index is 5.00. The van der Waals surface area contributed by atoms with Crippen LogP contribution in [0.4, 0.5) is 0 Å². The number of ether oxygens (including phenoxy) is 1. The molecule has 0 amide bonds. The first kappa shape index (κ1) is 15.7. The lowest BCUT2D eigenvalue weighted by molar-refractivity contribution is 0.199. The van der Waals surface area contributed by atoms with Crippen molar-refractivity contribution < 1.29 is 4.74 Å². The van der Waals surface area contributed by atoms with Crippen LogP contribution < -0.4 is 5.32 Å². The van der Waals surface area contributed by atoms with Crippen LogP contribution in [0.5, 0.6) is 0 Å². The van der Waals surface area contributed by atoms with Crippen LogP contribution in [0.25, 0.3) is 0 Å². The Bertz CT molecular complexity index is 519. The number of nitrogens with one attached hydrogen (secondary N) is 1. The second kappa shape index (κ2) is 8.60. The molecular formula is C17H25N3O. The first-order valence-corrected chi connectivity index (χ1v) is 7.54. The second-order valence-electron chi connectivity index (χ2n) is 5.38. The molecule has 1 aromatic carbocycles. The number of nitrogens with zero attached hydrogens (tertiary/aromatic N) is 2. The lowest BCUT2D eigenvalue weighted by Gasteiger charge is -2.03. The minimum atomic E-state index is 0.772. The summed E-state index contributed by atoms with van der Waals surface area (Å²) in [5.41, 5.74) is 3.88. The predicted molar refractivity (Wildman–Crippen MR) is 85.6 cm³/mol. The molecule has 4 heteroatoms. The molecule has 0 saturated carbocycles. The van der Waals surface area contributed by atoms with Crippen LogP contribution in [-0.4, -0.2) is 36.6 Å². The molecule has 0 spiro atoms. The molecule has 2 rings (SSSR count). The fourth-order valence-corrected chi connectivity index (χ4v) is 2.22. The maximum Gasteiger partial charge on any atom is 0.0659 e. The lowest BCUT2D eigenvalue weighted by Crippen LogP contribution is -2.20. The van der Waals surface area contributed by atoms with E-state index in [2.05, 4.69) is 47.8 Å². The van der Waals surface area contributed by atoms with Gasteiger partial charge in [-0.3, -0.25) is 4.68 Å². The normalized spacial score (nSPS) is 11.0. The highest BCUT2D eigenvalue weighted by molar-refractivity contribution is 5.21. The maximum atomic E-state index is 5.00. The highest BCUT2D eigenvalue weighted by Crippen LogP contribution is 2.07. The van der Waals surface area contributed by atoms with E-state index in [1.165, 1.54) is 16.7 Å². The summed E-state index contributed by atoms with van der Waals surface area (Å²) in [6.07, 6.45) is 6.31. The van der Waals surface area contributed by atoms with Crippen LogP contribution in [0, 0.1) is 6.92 Å². The van der Waals surface area contributed by atoms with Crippen molar-refractivity contribution in [3.8, 4) is 0 Å². The molecule has 0 aliphatic heterocycles. The smallest absolute Gasteiger partial charge is 0.0659 e. The van der Waals surface area contributed by atoms with Crippen molar-refractivity contribution in [2.45, 2.75) is 26.3 Å². The Kier molecular flexibility index (Phi) is 6.44. The Balaban J connectivity index is 1.72. The molecule has 0 aliphatic carbocycles. The monoisotopic (exact) mass is 287 g/mol. The molecule has 0 unspecified atom stereocenters. The summed E-state index contributed by atoms with van der Waals surface area (Å²) in [7, 11) is 1.73. The Morgan fingerprint density at radius 2 is 1.95 bits per heavy atom. The summed E-state index contributed by atoms with van der Waals surface area (Å²) >= 11 is 0. The van der Waals surface area contributed by atoms with Gasteiger partial charge in [-0.25, -0.2) is 0 Å². The molecule has 21 heavy (non-hydrogen) atoms. The molecule has 1 heterocycles. The third-order valence-electron chi connectivity index (χ3n) is 3.45. The van der Waals surface area contributed by atoms with Gasteiger partial charge < -0.3 is 10.1 Å². The molecule has 1 N–H and O–H groups in total. The van der Waals surface area contributed by atoms with E-state index in [9.17, 15) is 0 Å². The van der Waals surface area contributed by atoms with E-state index >= 15 is 0 Å². The number of methoxy groups -OCH3 is 1. The largest absolute Gasteiger partial charge is 0.383 e. The molecule has 0 aliphatic rings. The van der Waals surface area contributed by atoms with Gasteiger partial charge in [-0.1, -0.05) is 29.8 Å². The Morgan fingerprint density at radius 3 is 2.71 bits per heavy atom. The van der Waals surface area contributed by atoms with E-state index in [0.717, 1.165) is 39.1 Å². The van der Waals surface area contributed by atoms with Gasteiger partial charge in [0.25, 0.3) is 0 Å². The Hall–Kier alpha value is -1.65. The predicted octanol–water partition coefficient (Wildman–Crippen LogP) is 2.41. The molecule has 1 aromatic heterocycles. The first-order chi connectivity index (χ1) is 10.3. The van der Waals surface area contributed by atoms with Crippen LogP contribution in [0.3, 0.4) is 0 Å². The number of hydrogen-bond acceptors (Lipinski definition) is 3. The van der Waals surface area contributed by atoms with Gasteiger partial charge in [0.05, 0.1) is 19.3 Å². The van der Waals surface area contributed by atoms with Crippen molar-refractivity contribution in [3.05, 3.63) is 53.3 Å². The average Bonchev–Trinajstić information content (AvgIpc) is 2.93. The standard InChI is InChI=1S/C17H25N3O/c1-15-5-7-16(8-6-15)13-20-14-17(12-19-20)4-3-9-18-10-11-21-2/h5-8,12,14,18H,3-4,9-11,13H2,1-2H3. The minimum absolute atomic E-state index is 0.772. The van der Waals surface area contributed by atoms with Crippen molar-refractivity contribution in [2.24, 2.45) is 0 Å². The van der Waals surface area contributed by atoms with E-state index in [0.29, 0.717) is 0 Å². The quantitative estimate of drug-likeness (QED) is 0.720. The van der Waals surface area contributed by atoms with E-state index in [1.54, 1.807) is 7.11 Å². The summed E-state index contributed by atoms with van der Waals surface area (Å²) < 4.78 is 7.01. The third kappa shape index (κ3) is 5.69. The highest BCUT2D eigenvalue weighted by atomic mass is 16.5. The Labute approximate surface area is 127 Å². The van der Waals surface area contributed by atoms with Crippen molar-refractivity contribution in [1.29, 1.82) is 0 Å². The molecule has 0 saturated heterocycles. The van der Waals surface area contributed by atoms with Crippen LogP contribution in [-0.2, 0) is 17.7 Å². The molecule has 0 radical (unpaired) electrons. The van der Waals surface area contributed by atoms with Crippen LogP contribution in [0.2, 0.25) is 0 Å². The zero-order valence-electron chi connectivity index (χ0n) is 13.0. The molecule has 0 bridgehead atoms. The molecule has 2 aromatic rings. The third-order valence-corrected chi connectivity index (χ3v) is 3.45. The fourth-order valence-electron chi connectivity index (χ4n) is 2.22. The number of aromatic nitrogens is 2. The summed E-state index contributed by atoms with van der Waals surface area (Å²) in [5, 5.41) is 7.79. The van der Waals surface area contributed by atoms with Crippen LogP contribution >= 0.6 is 0 Å². The Morgan fingerprint density at radius 1 is 1.14 bits per heavy atom. The zero-order valence-corrected chi connectivity index (χ0v) is 13.0. The van der Waals surface area contributed by atoms with E-state index < -0.39 is 0 Å². The van der Waals surface area contributed by atoms with E-state index in [1.807, 2.05) is 10.9 Å². The van der Waals surface area contributed by atoms with E-state index in [-0.39, 0.29) is 0 Å². The van der Waals surface area contributed by atoms with Crippen LogP contribution in [0.1, 0.15) is 23.1 Å². The van der Waals surface area contributed by atoms with E-state index in [4.69, 9.17) is 4.74 Å². The summed E-state index contributed by atoms with van der Waals surface area (Å²) in [6.45, 7) is 5.66. The number of hydrogen-bond donors (Lipinski definition) is 1. The van der Waals surface area contributed by atoms with Crippen LogP contribution in [0.15, 0.2) is 36.7 Å². The zero-order chi connectivity index (χ0) is 14.9. The lowest BCUT2D eigenvalue weighted by atomic mass is 10.1. The van der Waals surface area contributed by atoms with Gasteiger partial charge in [0.1, 0.15) is 0 Å². The number of rotatable bonds is 9. The average molecular weight is 287 g/mol. The van der Waals surface area contributed by atoms with Gasteiger partial charge in [0.2, 0.25) is 0 Å².